The molecule has 1 aromatic carbocycles. The quantitative estimate of drug-likeness (QED) is 0.870. The number of hydrogen-bond acceptors (Lipinski definition) is 3. The summed E-state index contributed by atoms with van der Waals surface area (Å²) in [4.78, 5) is 23.7. The Morgan fingerprint density at radius 1 is 1.24 bits per heavy atom. The average molecular weight is 291 g/mol. The molecule has 5 heteroatoms. The molecule has 21 heavy (non-hydrogen) atoms. The minimum absolute atomic E-state index is 0.209. The maximum absolute atomic E-state index is 12.3. The number of aliphatic carboxylic acids is 1. The molecule has 2 rings (SSSR count). The van der Waals surface area contributed by atoms with Crippen molar-refractivity contribution >= 4 is 11.9 Å². The number of benzene rings is 1. The van der Waals surface area contributed by atoms with E-state index in [2.05, 4.69) is 5.32 Å². The first-order valence-corrected chi connectivity index (χ1v) is 7.25. The van der Waals surface area contributed by atoms with E-state index < -0.39 is 12.0 Å². The molecule has 2 N–H and O–H groups in total. The number of amides is 1. The van der Waals surface area contributed by atoms with Crippen LogP contribution in [0.15, 0.2) is 30.3 Å². The largest absolute Gasteiger partial charge is 0.479 e. The molecule has 2 atom stereocenters. The van der Waals surface area contributed by atoms with Gasteiger partial charge in [-0.15, -0.1) is 0 Å². The molecule has 1 aliphatic rings. The summed E-state index contributed by atoms with van der Waals surface area (Å²) >= 11 is 0. The van der Waals surface area contributed by atoms with Gasteiger partial charge in [0.05, 0.1) is 0 Å². The zero-order valence-corrected chi connectivity index (χ0v) is 12.1. The molecule has 1 aromatic rings. The molecule has 1 fully saturated rings. The first kappa shape index (κ1) is 15.5. The van der Waals surface area contributed by atoms with Crippen molar-refractivity contribution in [2.24, 2.45) is 11.8 Å². The van der Waals surface area contributed by atoms with Crippen molar-refractivity contribution in [3.8, 4) is 0 Å². The molecule has 0 saturated carbocycles. The second-order valence-corrected chi connectivity index (χ2v) is 5.43. The lowest BCUT2D eigenvalue weighted by Gasteiger charge is -2.28. The number of ether oxygens (including phenoxy) is 1. The third-order valence-corrected chi connectivity index (χ3v) is 4.05. The van der Waals surface area contributed by atoms with Gasteiger partial charge in [-0.25, -0.2) is 4.79 Å². The smallest absolute Gasteiger partial charge is 0.330 e. The van der Waals surface area contributed by atoms with Crippen LogP contribution in [-0.2, 0) is 14.3 Å². The van der Waals surface area contributed by atoms with Crippen LogP contribution in [0.25, 0.3) is 0 Å². The molecule has 114 valence electrons. The van der Waals surface area contributed by atoms with Crippen molar-refractivity contribution in [2.45, 2.75) is 25.8 Å². The summed E-state index contributed by atoms with van der Waals surface area (Å²) in [6.45, 7) is 3.20. The Kier molecular flexibility index (Phi) is 5.33. The third kappa shape index (κ3) is 4.04. The van der Waals surface area contributed by atoms with Crippen molar-refractivity contribution in [3.05, 3.63) is 35.9 Å². The highest BCUT2D eigenvalue weighted by atomic mass is 16.5. The van der Waals surface area contributed by atoms with Gasteiger partial charge < -0.3 is 15.2 Å². The van der Waals surface area contributed by atoms with Crippen LogP contribution < -0.4 is 5.32 Å². The van der Waals surface area contributed by atoms with Crippen molar-refractivity contribution in [3.63, 3.8) is 0 Å². The van der Waals surface area contributed by atoms with Crippen LogP contribution in [-0.4, -0.2) is 30.2 Å². The van der Waals surface area contributed by atoms with E-state index in [0.29, 0.717) is 18.8 Å². The highest BCUT2D eigenvalue weighted by Crippen LogP contribution is 2.24. The summed E-state index contributed by atoms with van der Waals surface area (Å²) in [6, 6.07) is 7.75. The zero-order valence-electron chi connectivity index (χ0n) is 12.1. The van der Waals surface area contributed by atoms with Gasteiger partial charge in [0.15, 0.2) is 6.04 Å². The van der Waals surface area contributed by atoms with Crippen LogP contribution >= 0.6 is 0 Å². The molecule has 0 aromatic heterocycles. The van der Waals surface area contributed by atoms with Crippen molar-refractivity contribution in [1.29, 1.82) is 0 Å². The van der Waals surface area contributed by atoms with Gasteiger partial charge in [0.2, 0.25) is 5.91 Å². The normalized spacial score (nSPS) is 18.7. The van der Waals surface area contributed by atoms with Gasteiger partial charge in [0, 0.05) is 19.1 Å². The van der Waals surface area contributed by atoms with E-state index in [-0.39, 0.29) is 17.7 Å². The lowest BCUT2D eigenvalue weighted by Crippen LogP contribution is -2.40. The van der Waals surface area contributed by atoms with Crippen molar-refractivity contribution in [1.82, 2.24) is 5.32 Å². The average Bonchev–Trinajstić information content (AvgIpc) is 2.53. The molecule has 5 nitrogen and oxygen atoms in total. The fourth-order valence-electron chi connectivity index (χ4n) is 2.64. The van der Waals surface area contributed by atoms with Gasteiger partial charge >= 0.3 is 5.97 Å². The summed E-state index contributed by atoms with van der Waals surface area (Å²) in [5.74, 6) is -1.21. The number of rotatable bonds is 5. The number of carboxylic acids is 1. The van der Waals surface area contributed by atoms with Crippen LogP contribution in [0.2, 0.25) is 0 Å². The zero-order chi connectivity index (χ0) is 15.2. The Morgan fingerprint density at radius 3 is 2.43 bits per heavy atom. The fourth-order valence-corrected chi connectivity index (χ4v) is 2.64. The Bertz CT molecular complexity index is 482. The first-order valence-electron chi connectivity index (χ1n) is 7.25. The summed E-state index contributed by atoms with van der Waals surface area (Å²) in [6.07, 6.45) is 1.69. The van der Waals surface area contributed by atoms with Gasteiger partial charge in [-0.05, 0) is 24.3 Å². The summed E-state index contributed by atoms with van der Waals surface area (Å²) in [5.41, 5.74) is 0.581. The van der Waals surface area contributed by atoms with E-state index in [4.69, 9.17) is 4.74 Å². The maximum Gasteiger partial charge on any atom is 0.330 e. The predicted octanol–water partition coefficient (Wildman–Crippen LogP) is 1.99. The van der Waals surface area contributed by atoms with Gasteiger partial charge in [0.25, 0.3) is 0 Å². The molecule has 0 spiro atoms. The van der Waals surface area contributed by atoms with Crippen LogP contribution in [0.1, 0.15) is 31.4 Å². The molecule has 1 saturated heterocycles. The molecule has 1 aliphatic heterocycles. The highest BCUT2D eigenvalue weighted by molar-refractivity contribution is 5.85. The summed E-state index contributed by atoms with van der Waals surface area (Å²) < 4.78 is 5.29. The molecular formula is C16H21NO4. The monoisotopic (exact) mass is 291 g/mol. The second kappa shape index (κ2) is 7.22. The number of nitrogens with one attached hydrogen (secondary N) is 1. The Morgan fingerprint density at radius 2 is 1.86 bits per heavy atom. The van der Waals surface area contributed by atoms with E-state index in [1.807, 2.05) is 13.0 Å². The second-order valence-electron chi connectivity index (χ2n) is 5.43. The van der Waals surface area contributed by atoms with Crippen molar-refractivity contribution in [2.75, 3.05) is 13.2 Å². The van der Waals surface area contributed by atoms with Crippen LogP contribution in [0.5, 0.6) is 0 Å². The lowest BCUT2D eigenvalue weighted by atomic mass is 9.86. The maximum atomic E-state index is 12.3. The highest BCUT2D eigenvalue weighted by Gasteiger charge is 2.29. The van der Waals surface area contributed by atoms with E-state index in [9.17, 15) is 14.7 Å². The van der Waals surface area contributed by atoms with E-state index in [0.717, 1.165) is 12.8 Å². The Hall–Kier alpha value is -1.88. The topological polar surface area (TPSA) is 75.6 Å². The van der Waals surface area contributed by atoms with Crippen LogP contribution in [0, 0.1) is 11.8 Å². The van der Waals surface area contributed by atoms with Gasteiger partial charge in [-0.3, -0.25) is 4.79 Å². The summed E-state index contributed by atoms with van der Waals surface area (Å²) in [5, 5.41) is 12.0. The number of carboxylic acid groups (broad SMARTS) is 1. The minimum Gasteiger partial charge on any atom is -0.479 e. The number of hydrogen-bond donors (Lipinski definition) is 2. The van der Waals surface area contributed by atoms with E-state index in [1.54, 1.807) is 24.3 Å². The molecule has 1 amide bonds. The van der Waals surface area contributed by atoms with Gasteiger partial charge in [0.1, 0.15) is 0 Å². The summed E-state index contributed by atoms with van der Waals surface area (Å²) in [7, 11) is 0. The number of carbonyl (C=O) groups is 2. The predicted molar refractivity (Wildman–Crippen MR) is 77.7 cm³/mol. The molecule has 0 bridgehead atoms. The standard InChI is InChI=1S/C16H21NO4/c1-11(12-7-9-21-10-8-12)15(18)17-14(16(19)20)13-5-3-2-4-6-13/h2-6,11-12,14H,7-10H2,1H3,(H,17,18)(H,19,20)/t11?,14-/m1/s1. The van der Waals surface area contributed by atoms with Crippen LogP contribution in [0.4, 0.5) is 0 Å². The third-order valence-electron chi connectivity index (χ3n) is 4.05. The van der Waals surface area contributed by atoms with Crippen LogP contribution in [0.3, 0.4) is 0 Å². The minimum atomic E-state index is -1.05. The molecular weight excluding hydrogens is 270 g/mol. The molecule has 1 unspecified atom stereocenters. The molecule has 0 radical (unpaired) electrons. The van der Waals surface area contributed by atoms with E-state index >= 15 is 0 Å². The van der Waals surface area contributed by atoms with Gasteiger partial charge in [-0.2, -0.15) is 0 Å². The van der Waals surface area contributed by atoms with E-state index in [1.165, 1.54) is 0 Å². The SMILES string of the molecule is CC(C(=O)N[C@@H](C(=O)O)c1ccccc1)C1CCOCC1. The fraction of sp³-hybridized carbons (Fsp3) is 0.500. The van der Waals surface area contributed by atoms with Crippen molar-refractivity contribution < 1.29 is 19.4 Å². The molecule has 0 aliphatic carbocycles. The Labute approximate surface area is 124 Å². The lowest BCUT2D eigenvalue weighted by molar-refractivity contribution is -0.143. The number of carbonyl (C=O) groups excluding carboxylic acids is 1. The Balaban J connectivity index is 2.03. The first-order chi connectivity index (χ1) is 10.1. The molecule has 1 heterocycles. The van der Waals surface area contributed by atoms with Gasteiger partial charge in [-0.1, -0.05) is 37.3 Å².